The smallest absolute Gasteiger partial charge is 0.410 e. The van der Waals surface area contributed by atoms with E-state index in [2.05, 4.69) is 31.9 Å². The Kier molecular flexibility index (Phi) is 8.44. The number of carbonyl (C=O) groups excluding carboxylic acids is 2. The van der Waals surface area contributed by atoms with Gasteiger partial charge in [-0.1, -0.05) is 12.1 Å². The maximum absolute atomic E-state index is 13.6. The summed E-state index contributed by atoms with van der Waals surface area (Å²) in [6, 6.07) is 9.70. The molecule has 11 heteroatoms. The lowest BCUT2D eigenvalue weighted by Crippen LogP contribution is -2.45. The Morgan fingerprint density at radius 2 is 2.13 bits per heavy atom. The molecule has 1 aliphatic heterocycles. The maximum atomic E-state index is 13.6. The molecular formula is C28H32FN7O3. The first-order chi connectivity index (χ1) is 18.6. The van der Waals surface area contributed by atoms with E-state index >= 15 is 0 Å². The normalized spacial score (nSPS) is 15.1. The standard InChI is InChI=1S/C28H32FN7O3/c1-28(2,3)39-27(38)36-11-5-8-22(36)17-32-26(37)23-13-19(14-30)24(20-15-33-34-16-20)35-25(23)31-10-9-18-6-4-7-21(29)12-18/h4,6-7,12-13,15-16,22H,5,8-11,17H2,1-3H3,(H,31,35)(H,32,37)(H,33,34)/t22-/m1/s1. The second-order valence-corrected chi connectivity index (χ2v) is 10.4. The number of ether oxygens (including phenoxy) is 1. The maximum Gasteiger partial charge on any atom is 0.410 e. The zero-order valence-electron chi connectivity index (χ0n) is 22.3. The molecule has 0 spiro atoms. The Balaban J connectivity index is 1.53. The number of benzene rings is 1. The number of nitrogens with zero attached hydrogens (tertiary/aromatic N) is 4. The van der Waals surface area contributed by atoms with Crippen LogP contribution in [0.25, 0.3) is 11.3 Å². The number of hydrogen-bond donors (Lipinski definition) is 3. The molecule has 1 fully saturated rings. The molecule has 2 aromatic heterocycles. The number of anilines is 1. The SMILES string of the molecule is CC(C)(C)OC(=O)N1CCC[C@@H]1CNC(=O)c1cc(C#N)c(-c2cn[nH]c2)nc1NCCc1cccc(F)c1. The van der Waals surface area contributed by atoms with Gasteiger partial charge < -0.3 is 20.3 Å². The van der Waals surface area contributed by atoms with Crippen LogP contribution in [0.2, 0.25) is 0 Å². The van der Waals surface area contributed by atoms with E-state index in [1.54, 1.807) is 23.4 Å². The van der Waals surface area contributed by atoms with Gasteiger partial charge in [-0.2, -0.15) is 10.4 Å². The van der Waals surface area contributed by atoms with Crippen LogP contribution in [-0.4, -0.2) is 63.4 Å². The van der Waals surface area contributed by atoms with Gasteiger partial charge in [-0.3, -0.25) is 9.89 Å². The minimum absolute atomic E-state index is 0.194. The summed E-state index contributed by atoms with van der Waals surface area (Å²) in [5.41, 5.74) is 1.57. The highest BCUT2D eigenvalue weighted by molar-refractivity contribution is 6.00. The molecule has 10 nitrogen and oxygen atoms in total. The third-order valence-corrected chi connectivity index (χ3v) is 6.26. The fourth-order valence-corrected chi connectivity index (χ4v) is 4.44. The number of halogens is 1. The molecule has 1 atom stereocenters. The van der Waals surface area contributed by atoms with Gasteiger partial charge in [0, 0.05) is 31.4 Å². The lowest BCUT2D eigenvalue weighted by atomic mass is 10.1. The summed E-state index contributed by atoms with van der Waals surface area (Å²) >= 11 is 0. The zero-order valence-corrected chi connectivity index (χ0v) is 22.3. The van der Waals surface area contributed by atoms with E-state index in [1.165, 1.54) is 18.2 Å². The number of nitrogens with one attached hydrogen (secondary N) is 3. The molecule has 3 N–H and O–H groups in total. The van der Waals surface area contributed by atoms with Crippen LogP contribution in [0.1, 0.15) is 55.1 Å². The molecule has 3 aromatic rings. The van der Waals surface area contributed by atoms with Gasteiger partial charge in [-0.25, -0.2) is 14.2 Å². The molecule has 0 radical (unpaired) electrons. The van der Waals surface area contributed by atoms with Crippen molar-refractivity contribution < 1.29 is 18.7 Å². The average Bonchev–Trinajstić information content (AvgIpc) is 3.58. The molecule has 1 aliphatic rings. The first-order valence-electron chi connectivity index (χ1n) is 12.8. The fraction of sp³-hybridized carbons (Fsp3) is 0.393. The number of amides is 2. The van der Waals surface area contributed by atoms with E-state index in [1.807, 2.05) is 26.8 Å². The van der Waals surface area contributed by atoms with Crippen molar-refractivity contribution in [1.82, 2.24) is 25.4 Å². The van der Waals surface area contributed by atoms with E-state index < -0.39 is 17.6 Å². The average molecular weight is 534 g/mol. The Labute approximate surface area is 226 Å². The Morgan fingerprint density at radius 1 is 1.31 bits per heavy atom. The van der Waals surface area contributed by atoms with Crippen molar-refractivity contribution in [3.63, 3.8) is 0 Å². The van der Waals surface area contributed by atoms with Crippen LogP contribution < -0.4 is 10.6 Å². The quantitative estimate of drug-likeness (QED) is 0.393. The fourth-order valence-electron chi connectivity index (χ4n) is 4.44. The number of nitriles is 1. The summed E-state index contributed by atoms with van der Waals surface area (Å²) < 4.78 is 19.1. The highest BCUT2D eigenvalue weighted by atomic mass is 19.1. The summed E-state index contributed by atoms with van der Waals surface area (Å²) in [5.74, 6) is -0.463. The predicted octanol–water partition coefficient (Wildman–Crippen LogP) is 4.27. The lowest BCUT2D eigenvalue weighted by molar-refractivity contribution is 0.0225. The van der Waals surface area contributed by atoms with Crippen LogP contribution in [-0.2, 0) is 11.2 Å². The van der Waals surface area contributed by atoms with Crippen molar-refractivity contribution in [1.29, 1.82) is 5.26 Å². The molecule has 2 amide bonds. The third kappa shape index (κ3) is 7.10. The Morgan fingerprint density at radius 3 is 2.82 bits per heavy atom. The van der Waals surface area contributed by atoms with Crippen LogP contribution in [0.3, 0.4) is 0 Å². The van der Waals surface area contributed by atoms with E-state index in [0.717, 1.165) is 18.4 Å². The van der Waals surface area contributed by atoms with Gasteiger partial charge in [-0.05, 0) is 63.8 Å². The summed E-state index contributed by atoms with van der Waals surface area (Å²) in [5, 5.41) is 22.5. The Bertz CT molecular complexity index is 1360. The molecule has 4 rings (SSSR count). The van der Waals surface area contributed by atoms with E-state index in [4.69, 9.17) is 4.74 Å². The molecule has 1 saturated heterocycles. The van der Waals surface area contributed by atoms with Crippen LogP contribution in [0.4, 0.5) is 15.0 Å². The van der Waals surface area contributed by atoms with Crippen molar-refractivity contribution in [2.24, 2.45) is 0 Å². The van der Waals surface area contributed by atoms with E-state index in [-0.39, 0.29) is 35.3 Å². The monoisotopic (exact) mass is 533 g/mol. The topological polar surface area (TPSA) is 136 Å². The number of pyridine rings is 1. The van der Waals surface area contributed by atoms with E-state index in [9.17, 15) is 19.2 Å². The Hall–Kier alpha value is -4.46. The zero-order chi connectivity index (χ0) is 28.0. The van der Waals surface area contributed by atoms with E-state index in [0.29, 0.717) is 30.8 Å². The molecule has 0 bridgehead atoms. The highest BCUT2D eigenvalue weighted by Gasteiger charge is 2.32. The van der Waals surface area contributed by atoms with Gasteiger partial charge in [0.1, 0.15) is 23.3 Å². The highest BCUT2D eigenvalue weighted by Crippen LogP contribution is 2.26. The van der Waals surface area contributed by atoms with Crippen LogP contribution >= 0.6 is 0 Å². The largest absolute Gasteiger partial charge is 0.444 e. The number of aromatic amines is 1. The first-order valence-corrected chi connectivity index (χ1v) is 12.8. The number of aromatic nitrogens is 3. The molecule has 0 unspecified atom stereocenters. The number of H-pyrrole nitrogens is 1. The van der Waals surface area contributed by atoms with Crippen LogP contribution in [0.15, 0.2) is 42.7 Å². The summed E-state index contributed by atoms with van der Waals surface area (Å²) in [4.78, 5) is 32.3. The summed E-state index contributed by atoms with van der Waals surface area (Å²) in [7, 11) is 0. The van der Waals surface area contributed by atoms with Gasteiger partial charge in [0.15, 0.2) is 0 Å². The molecule has 0 aliphatic carbocycles. The summed E-state index contributed by atoms with van der Waals surface area (Å²) in [6.07, 6.45) is 4.80. The number of hydrogen-bond acceptors (Lipinski definition) is 7. The minimum atomic E-state index is -0.615. The van der Waals surface area contributed by atoms with Gasteiger partial charge in [0.05, 0.1) is 29.1 Å². The van der Waals surface area contributed by atoms with Crippen LogP contribution in [0, 0.1) is 17.1 Å². The second-order valence-electron chi connectivity index (χ2n) is 10.4. The second kappa shape index (κ2) is 11.9. The van der Waals surface area contributed by atoms with Gasteiger partial charge in [0.25, 0.3) is 5.91 Å². The number of carbonyl (C=O) groups is 2. The number of likely N-dealkylation sites (tertiary alicyclic amines) is 1. The molecular weight excluding hydrogens is 501 g/mol. The van der Waals surface area contributed by atoms with Crippen molar-refractivity contribution in [2.45, 2.75) is 51.7 Å². The first kappa shape index (κ1) is 27.6. The third-order valence-electron chi connectivity index (χ3n) is 6.26. The predicted molar refractivity (Wildman–Crippen MR) is 143 cm³/mol. The van der Waals surface area contributed by atoms with Gasteiger partial charge in [-0.15, -0.1) is 0 Å². The van der Waals surface area contributed by atoms with Gasteiger partial charge in [0.2, 0.25) is 0 Å². The molecule has 204 valence electrons. The van der Waals surface area contributed by atoms with Crippen molar-refractivity contribution >= 4 is 17.8 Å². The molecule has 3 heterocycles. The van der Waals surface area contributed by atoms with Crippen LogP contribution in [0.5, 0.6) is 0 Å². The molecule has 1 aromatic carbocycles. The summed E-state index contributed by atoms with van der Waals surface area (Å²) in [6.45, 7) is 6.60. The van der Waals surface area contributed by atoms with Crippen molar-refractivity contribution in [3.05, 3.63) is 65.2 Å². The molecule has 39 heavy (non-hydrogen) atoms. The number of rotatable bonds is 8. The lowest BCUT2D eigenvalue weighted by Gasteiger charge is -2.28. The van der Waals surface area contributed by atoms with Gasteiger partial charge >= 0.3 is 6.09 Å². The van der Waals surface area contributed by atoms with Crippen molar-refractivity contribution in [2.75, 3.05) is 25.0 Å². The minimum Gasteiger partial charge on any atom is -0.444 e. The van der Waals surface area contributed by atoms with Crippen molar-refractivity contribution in [3.8, 4) is 17.3 Å². The molecule has 0 saturated carbocycles.